The second-order valence-electron chi connectivity index (χ2n) is 14.8. The van der Waals surface area contributed by atoms with Crippen molar-refractivity contribution in [3.8, 4) is 11.5 Å². The summed E-state index contributed by atoms with van der Waals surface area (Å²) in [5, 5.41) is 14.7. The minimum absolute atomic E-state index is 0.0266. The molecule has 0 unspecified atom stereocenters. The van der Waals surface area contributed by atoms with Crippen LogP contribution in [0.5, 0.6) is 11.5 Å². The first-order chi connectivity index (χ1) is 33.7. The van der Waals surface area contributed by atoms with Crippen LogP contribution in [0.1, 0.15) is 48.8 Å². The lowest BCUT2D eigenvalue weighted by Gasteiger charge is -2.16. The standard InChI is InChI=1S/C27H21F4N3O5.C20H15F4N3O5/c1-37-25(35)22-23(38-14-17-5-3-2-4-6-17)21-20(24(33-22)34-26(36)39-15-27(29,30)31)12-18(13-32-21)11-16-7-9-19(28)10-8-16;1-31-18(29)15-16(28)14-13(17(26-15)27-19(30)32-9-20(22,23)24)7-11(8-25-14)6-10-2-4-12(21)5-3-10/h2-10,12-13H,11,14-15H2,1H3,(H,33,34,36);2-5,7-8,28H,6,9H2,1H3,(H,26,27,30). The van der Waals surface area contributed by atoms with Crippen molar-refractivity contribution in [3.63, 3.8) is 0 Å². The fourth-order valence-corrected chi connectivity index (χ4v) is 6.38. The number of halogens is 8. The highest BCUT2D eigenvalue weighted by atomic mass is 19.4. The quantitative estimate of drug-likeness (QED) is 0.0558. The second-order valence-corrected chi connectivity index (χ2v) is 14.8. The molecule has 0 radical (unpaired) electrons. The van der Waals surface area contributed by atoms with Crippen molar-refractivity contribution in [1.82, 2.24) is 19.9 Å². The highest BCUT2D eigenvalue weighted by Gasteiger charge is 2.32. The van der Waals surface area contributed by atoms with Gasteiger partial charge < -0.3 is 28.8 Å². The van der Waals surface area contributed by atoms with Crippen LogP contribution in [0.4, 0.5) is 56.3 Å². The molecule has 7 rings (SSSR count). The zero-order chi connectivity index (χ0) is 51.5. The third-order valence-electron chi connectivity index (χ3n) is 9.53. The smallest absolute Gasteiger partial charge is 0.422 e. The van der Waals surface area contributed by atoms with Gasteiger partial charge in [-0.15, -0.1) is 0 Å². The number of benzene rings is 3. The highest BCUT2D eigenvalue weighted by molar-refractivity contribution is 6.06. The van der Waals surface area contributed by atoms with Crippen LogP contribution in [0, 0.1) is 11.6 Å². The van der Waals surface area contributed by atoms with Crippen LogP contribution in [-0.4, -0.2) is 89.0 Å². The van der Waals surface area contributed by atoms with E-state index in [9.17, 15) is 59.4 Å². The zero-order valence-electron chi connectivity index (χ0n) is 36.8. The van der Waals surface area contributed by atoms with Crippen molar-refractivity contribution < 1.29 is 83.1 Å². The van der Waals surface area contributed by atoms with Gasteiger partial charge in [0.05, 0.1) is 14.2 Å². The summed E-state index contributed by atoms with van der Waals surface area (Å²) in [6.07, 6.45) is -8.97. The van der Waals surface area contributed by atoms with Crippen LogP contribution < -0.4 is 15.4 Å². The average Bonchev–Trinajstić information content (AvgIpc) is 3.34. The Morgan fingerprint density at radius 2 is 1.01 bits per heavy atom. The van der Waals surface area contributed by atoms with Gasteiger partial charge in [-0.05, 0) is 77.1 Å². The number of hydrogen-bond donors (Lipinski definition) is 3. The number of rotatable bonds is 13. The molecule has 3 aromatic carbocycles. The Bertz CT molecular complexity index is 3050. The first-order valence-electron chi connectivity index (χ1n) is 20.4. The molecular formula is C47H36F8N6O10. The van der Waals surface area contributed by atoms with E-state index in [1.54, 1.807) is 54.6 Å². The van der Waals surface area contributed by atoms with Gasteiger partial charge in [0.1, 0.15) is 40.9 Å². The summed E-state index contributed by atoms with van der Waals surface area (Å²) in [6.45, 7) is -3.64. The van der Waals surface area contributed by atoms with Crippen molar-refractivity contribution in [3.05, 3.63) is 154 Å². The fourth-order valence-electron chi connectivity index (χ4n) is 6.38. The van der Waals surface area contributed by atoms with Crippen LogP contribution >= 0.6 is 0 Å². The van der Waals surface area contributed by atoms with E-state index in [1.165, 1.54) is 42.7 Å². The molecule has 0 aliphatic rings. The van der Waals surface area contributed by atoms with Crippen LogP contribution in [-0.2, 0) is 38.4 Å². The van der Waals surface area contributed by atoms with Gasteiger partial charge in [0, 0.05) is 23.2 Å². The molecule has 0 saturated heterocycles. The molecular weight excluding hydrogens is 961 g/mol. The number of aromatic nitrogens is 4. The Morgan fingerprint density at radius 1 is 0.577 bits per heavy atom. The maximum absolute atomic E-state index is 13.3. The van der Waals surface area contributed by atoms with E-state index in [1.807, 2.05) is 11.4 Å². The number of esters is 2. The number of carbonyl (C=O) groups is 4. The fraction of sp³-hybridized carbons (Fsp3) is 0.191. The lowest BCUT2D eigenvalue weighted by atomic mass is 10.0. The lowest BCUT2D eigenvalue weighted by Crippen LogP contribution is -2.24. The summed E-state index contributed by atoms with van der Waals surface area (Å²) in [4.78, 5) is 65.0. The molecule has 7 aromatic rings. The summed E-state index contributed by atoms with van der Waals surface area (Å²) < 4.78 is 125. The van der Waals surface area contributed by atoms with E-state index in [4.69, 9.17) is 9.47 Å². The number of nitrogens with zero attached hydrogens (tertiary/aromatic N) is 4. The lowest BCUT2D eigenvalue weighted by molar-refractivity contribution is -0.159. The molecule has 4 heterocycles. The van der Waals surface area contributed by atoms with E-state index in [2.05, 4.69) is 39.5 Å². The van der Waals surface area contributed by atoms with Gasteiger partial charge in [-0.1, -0.05) is 54.6 Å². The maximum atomic E-state index is 13.3. The molecule has 2 amide bonds. The molecule has 370 valence electrons. The Balaban J connectivity index is 0.000000237. The molecule has 0 bridgehead atoms. The first-order valence-corrected chi connectivity index (χ1v) is 20.4. The number of anilines is 2. The molecule has 0 saturated carbocycles. The zero-order valence-corrected chi connectivity index (χ0v) is 36.8. The average molecular weight is 997 g/mol. The number of ether oxygens (including phenoxy) is 5. The van der Waals surface area contributed by atoms with Crippen molar-refractivity contribution in [1.29, 1.82) is 0 Å². The van der Waals surface area contributed by atoms with E-state index in [-0.39, 0.29) is 57.9 Å². The third kappa shape index (κ3) is 14.4. The number of amides is 2. The van der Waals surface area contributed by atoms with Gasteiger partial charge in [-0.3, -0.25) is 20.6 Å². The normalized spacial score (nSPS) is 11.2. The number of methoxy groups -OCH3 is 2. The Labute approximate surface area is 395 Å². The number of fused-ring (bicyclic) bond motifs is 2. The maximum Gasteiger partial charge on any atom is 0.422 e. The first kappa shape index (κ1) is 51.7. The molecule has 24 heteroatoms. The van der Waals surface area contributed by atoms with Crippen LogP contribution in [0.2, 0.25) is 0 Å². The van der Waals surface area contributed by atoms with E-state index in [0.29, 0.717) is 17.5 Å². The summed E-state index contributed by atoms with van der Waals surface area (Å²) in [7, 11) is 2.14. The SMILES string of the molecule is COC(=O)c1nc(NC(=O)OCC(F)(F)F)c2cc(Cc3ccc(F)cc3)cnc2c1O.COC(=O)c1nc(NC(=O)OCC(F)(F)F)c2cc(Cc3ccc(F)cc3)cnc2c1OCc1ccccc1. The van der Waals surface area contributed by atoms with E-state index < -0.39 is 72.8 Å². The van der Waals surface area contributed by atoms with Crippen molar-refractivity contribution in [2.75, 3.05) is 38.1 Å². The monoisotopic (exact) mass is 996 g/mol. The van der Waals surface area contributed by atoms with Crippen molar-refractivity contribution in [2.24, 2.45) is 0 Å². The van der Waals surface area contributed by atoms with Gasteiger partial charge in [0.25, 0.3) is 0 Å². The van der Waals surface area contributed by atoms with Crippen LogP contribution in [0.15, 0.2) is 103 Å². The van der Waals surface area contributed by atoms with Gasteiger partial charge in [0.2, 0.25) is 0 Å². The number of aromatic hydroxyl groups is 1. The van der Waals surface area contributed by atoms with Crippen LogP contribution in [0.3, 0.4) is 0 Å². The predicted octanol–water partition coefficient (Wildman–Crippen LogP) is 9.80. The molecule has 3 N–H and O–H groups in total. The van der Waals surface area contributed by atoms with E-state index >= 15 is 0 Å². The Kier molecular flexibility index (Phi) is 16.5. The van der Waals surface area contributed by atoms with E-state index in [0.717, 1.165) is 30.9 Å². The number of pyridine rings is 4. The molecule has 0 atom stereocenters. The summed E-state index contributed by atoms with van der Waals surface area (Å²) in [5.41, 5.74) is 2.35. The molecule has 0 aliphatic carbocycles. The summed E-state index contributed by atoms with van der Waals surface area (Å²) >= 11 is 0. The molecule has 0 aliphatic heterocycles. The Hall–Kier alpha value is -8.70. The van der Waals surface area contributed by atoms with Gasteiger partial charge >= 0.3 is 36.5 Å². The minimum Gasteiger partial charge on any atom is -0.504 e. The van der Waals surface area contributed by atoms with Gasteiger partial charge in [-0.25, -0.2) is 37.9 Å². The summed E-state index contributed by atoms with van der Waals surface area (Å²) in [6, 6.07) is 23.4. The topological polar surface area (TPSA) is 210 Å². The third-order valence-corrected chi connectivity index (χ3v) is 9.53. The van der Waals surface area contributed by atoms with Crippen LogP contribution in [0.25, 0.3) is 21.8 Å². The molecule has 0 spiro atoms. The molecule has 0 fully saturated rings. The van der Waals surface area contributed by atoms with Crippen molar-refractivity contribution in [2.45, 2.75) is 31.8 Å². The van der Waals surface area contributed by atoms with Gasteiger partial charge in [-0.2, -0.15) is 26.3 Å². The molecule has 71 heavy (non-hydrogen) atoms. The minimum atomic E-state index is -4.75. The number of carbonyl (C=O) groups excluding carboxylic acids is 4. The second kappa shape index (κ2) is 22.6. The summed E-state index contributed by atoms with van der Waals surface area (Å²) in [5.74, 6) is -4.18. The number of nitrogens with one attached hydrogen (secondary N) is 2. The van der Waals surface area contributed by atoms with Gasteiger partial charge in [0.15, 0.2) is 36.1 Å². The highest BCUT2D eigenvalue weighted by Crippen LogP contribution is 2.35. The predicted molar refractivity (Wildman–Crippen MR) is 235 cm³/mol. The number of hydrogen-bond acceptors (Lipinski definition) is 14. The molecule has 16 nitrogen and oxygen atoms in total. The van der Waals surface area contributed by atoms with Crippen molar-refractivity contribution >= 4 is 57.6 Å². The number of alkyl halides is 6. The largest absolute Gasteiger partial charge is 0.504 e. The Morgan fingerprint density at radius 3 is 1.48 bits per heavy atom. The molecule has 4 aromatic heterocycles.